The molecule has 0 bridgehead atoms. The van der Waals surface area contributed by atoms with E-state index in [1.54, 1.807) is 81.0 Å². The zero-order chi connectivity index (χ0) is 23.9. The molecule has 2 aromatic rings. The molecule has 0 saturated carbocycles. The first kappa shape index (κ1) is 25.3. The number of amides is 2. The summed E-state index contributed by atoms with van der Waals surface area (Å²) in [6.07, 6.45) is 7.77. The fourth-order valence-corrected chi connectivity index (χ4v) is 2.67. The van der Waals surface area contributed by atoms with Gasteiger partial charge in [-0.3, -0.25) is 0 Å². The number of hydrogen-bond acceptors (Lipinski definition) is 6. The quantitative estimate of drug-likeness (QED) is 0.410. The Morgan fingerprint density at radius 3 is 1.70 bits per heavy atom. The van der Waals surface area contributed by atoms with Gasteiger partial charge in [0.15, 0.2) is 0 Å². The van der Waals surface area contributed by atoms with Gasteiger partial charge in [0.25, 0.3) is 0 Å². The Labute approximate surface area is 194 Å². The molecule has 0 aromatic heterocycles. The van der Waals surface area contributed by atoms with Crippen molar-refractivity contribution in [2.45, 2.75) is 19.6 Å². The summed E-state index contributed by atoms with van der Waals surface area (Å²) in [5.41, 5.74) is 1.54. The summed E-state index contributed by atoms with van der Waals surface area (Å²) >= 11 is 0. The molecule has 0 radical (unpaired) electrons. The Kier molecular flexibility index (Phi) is 10.8. The fraction of sp³-hybridized carbons (Fsp3) is 0.231. The maximum Gasteiger partial charge on any atom is 0.419 e. The van der Waals surface area contributed by atoms with Gasteiger partial charge in [-0.15, -0.1) is 0 Å². The van der Waals surface area contributed by atoms with Crippen molar-refractivity contribution in [3.63, 3.8) is 0 Å². The molecular weight excluding hydrogens is 422 g/mol. The van der Waals surface area contributed by atoms with E-state index in [2.05, 4.69) is 6.58 Å². The van der Waals surface area contributed by atoms with Crippen molar-refractivity contribution < 1.29 is 28.5 Å². The van der Waals surface area contributed by atoms with Crippen molar-refractivity contribution >= 4 is 12.2 Å². The van der Waals surface area contributed by atoms with Crippen LogP contribution in [-0.4, -0.2) is 37.9 Å². The van der Waals surface area contributed by atoms with Crippen molar-refractivity contribution in [1.29, 1.82) is 0 Å². The molecule has 2 rings (SSSR count). The average Bonchev–Trinajstić information content (AvgIpc) is 2.86. The van der Waals surface area contributed by atoms with Gasteiger partial charge in [0.2, 0.25) is 0 Å². The third kappa shape index (κ3) is 8.95. The highest BCUT2D eigenvalue weighted by Crippen LogP contribution is 2.14. The van der Waals surface area contributed by atoms with Gasteiger partial charge in [0.1, 0.15) is 24.7 Å². The number of carbonyl (C=O) groups excluding carboxylic acids is 2. The summed E-state index contributed by atoms with van der Waals surface area (Å²) in [6.45, 7) is 3.74. The minimum atomic E-state index is -0.777. The number of hydrogen-bond donors (Lipinski definition) is 0. The van der Waals surface area contributed by atoms with Gasteiger partial charge in [0.05, 0.1) is 14.2 Å². The Morgan fingerprint density at radius 1 is 0.788 bits per heavy atom. The molecule has 0 fully saturated rings. The molecule has 0 aliphatic carbocycles. The number of imide groups is 1. The van der Waals surface area contributed by atoms with Crippen LogP contribution in [0.25, 0.3) is 0 Å². The minimum Gasteiger partial charge on any atom is -0.497 e. The second kappa shape index (κ2) is 14.1. The van der Waals surface area contributed by atoms with Gasteiger partial charge in [-0.05, 0) is 41.8 Å². The fourth-order valence-electron chi connectivity index (χ4n) is 2.67. The van der Waals surface area contributed by atoms with Crippen LogP contribution in [0.3, 0.4) is 0 Å². The van der Waals surface area contributed by atoms with E-state index in [4.69, 9.17) is 18.9 Å². The van der Waals surface area contributed by atoms with Crippen LogP contribution in [0.15, 0.2) is 85.5 Å². The number of rotatable bonds is 11. The molecule has 0 heterocycles. The largest absolute Gasteiger partial charge is 0.497 e. The van der Waals surface area contributed by atoms with E-state index in [1.165, 1.54) is 0 Å². The highest BCUT2D eigenvalue weighted by atomic mass is 16.6. The highest BCUT2D eigenvalue weighted by Gasteiger charge is 2.24. The molecule has 0 unspecified atom stereocenters. The van der Waals surface area contributed by atoms with Crippen molar-refractivity contribution in [3.05, 3.63) is 96.6 Å². The summed E-state index contributed by atoms with van der Waals surface area (Å²) in [5, 5.41) is 0. The number of methoxy groups -OCH3 is 2. The second-order valence-corrected chi connectivity index (χ2v) is 6.79. The van der Waals surface area contributed by atoms with Gasteiger partial charge in [-0.2, -0.15) is 0 Å². The molecule has 2 amide bonds. The van der Waals surface area contributed by atoms with Crippen molar-refractivity contribution in [3.8, 4) is 11.5 Å². The second-order valence-electron chi connectivity index (χ2n) is 6.79. The predicted molar refractivity (Wildman–Crippen MR) is 126 cm³/mol. The lowest BCUT2D eigenvalue weighted by atomic mass is 10.2. The number of benzene rings is 2. The number of nitrogens with zero attached hydrogens (tertiary/aromatic N) is 1. The van der Waals surface area contributed by atoms with Crippen molar-refractivity contribution in [1.82, 2.24) is 4.90 Å². The first-order valence-electron chi connectivity index (χ1n) is 10.4. The van der Waals surface area contributed by atoms with E-state index >= 15 is 0 Å². The van der Waals surface area contributed by atoms with E-state index in [1.807, 2.05) is 12.2 Å². The van der Waals surface area contributed by atoms with Gasteiger partial charge in [-0.1, -0.05) is 61.2 Å². The van der Waals surface area contributed by atoms with E-state index in [-0.39, 0.29) is 19.8 Å². The molecule has 0 atom stereocenters. The SMILES string of the molecule is C=C/C=C\C=C\CCN(C(=O)OCc1ccc(OC)cc1)C(=O)OCc1ccc(OC)cc1. The molecule has 0 aliphatic rings. The summed E-state index contributed by atoms with van der Waals surface area (Å²) in [7, 11) is 3.15. The summed E-state index contributed by atoms with van der Waals surface area (Å²) < 4.78 is 20.9. The predicted octanol–water partition coefficient (Wildman–Crippen LogP) is 5.67. The van der Waals surface area contributed by atoms with Gasteiger partial charge in [-0.25, -0.2) is 14.5 Å². The average molecular weight is 452 g/mol. The molecule has 0 saturated heterocycles. The lowest BCUT2D eigenvalue weighted by molar-refractivity contribution is 0.0704. The summed E-state index contributed by atoms with van der Waals surface area (Å²) in [4.78, 5) is 26.3. The van der Waals surface area contributed by atoms with E-state index in [0.29, 0.717) is 17.9 Å². The van der Waals surface area contributed by atoms with Gasteiger partial charge in [0, 0.05) is 6.54 Å². The topological polar surface area (TPSA) is 74.3 Å². The molecule has 7 heteroatoms. The molecule has 7 nitrogen and oxygen atoms in total. The Morgan fingerprint density at radius 2 is 1.27 bits per heavy atom. The first-order valence-corrected chi connectivity index (χ1v) is 10.4. The molecule has 2 aromatic carbocycles. The number of allylic oxidation sites excluding steroid dienone is 4. The third-order valence-electron chi connectivity index (χ3n) is 4.50. The number of carbonyl (C=O) groups is 2. The van der Waals surface area contributed by atoms with Crippen molar-refractivity contribution in [2.24, 2.45) is 0 Å². The monoisotopic (exact) mass is 451 g/mol. The minimum absolute atomic E-state index is 0.0169. The smallest absolute Gasteiger partial charge is 0.419 e. The number of ether oxygens (including phenoxy) is 4. The normalized spacial score (nSPS) is 10.7. The lowest BCUT2D eigenvalue weighted by Crippen LogP contribution is -2.38. The highest BCUT2D eigenvalue weighted by molar-refractivity contribution is 5.87. The lowest BCUT2D eigenvalue weighted by Gasteiger charge is -2.19. The maximum absolute atomic E-state index is 12.7. The van der Waals surface area contributed by atoms with Crippen LogP contribution in [0.2, 0.25) is 0 Å². The van der Waals surface area contributed by atoms with E-state index in [9.17, 15) is 9.59 Å². The van der Waals surface area contributed by atoms with Gasteiger partial charge >= 0.3 is 12.2 Å². The third-order valence-corrected chi connectivity index (χ3v) is 4.50. The first-order chi connectivity index (χ1) is 16.1. The zero-order valence-electron chi connectivity index (χ0n) is 18.9. The van der Waals surface area contributed by atoms with Gasteiger partial charge < -0.3 is 18.9 Å². The van der Waals surface area contributed by atoms with E-state index < -0.39 is 12.2 Å². The maximum atomic E-state index is 12.7. The molecule has 33 heavy (non-hydrogen) atoms. The summed E-state index contributed by atoms with van der Waals surface area (Å²) in [6, 6.07) is 14.2. The van der Waals surface area contributed by atoms with Crippen LogP contribution >= 0.6 is 0 Å². The molecule has 174 valence electrons. The van der Waals surface area contributed by atoms with Crippen LogP contribution in [0.5, 0.6) is 11.5 Å². The van der Waals surface area contributed by atoms with Crippen LogP contribution < -0.4 is 9.47 Å². The van der Waals surface area contributed by atoms with Crippen LogP contribution in [0.4, 0.5) is 9.59 Å². The Hall–Kier alpha value is -4.00. The van der Waals surface area contributed by atoms with Crippen molar-refractivity contribution in [2.75, 3.05) is 20.8 Å². The standard InChI is InChI=1S/C26H29NO6/c1-4-5-6-7-8-9-18-27(25(28)32-19-21-10-14-23(30-2)15-11-21)26(29)33-20-22-12-16-24(31-3)17-13-22/h4-8,10-17H,1,9,18-20H2,2-3H3/b6-5-,8-7+. The zero-order valence-corrected chi connectivity index (χ0v) is 18.9. The van der Waals surface area contributed by atoms with Crippen LogP contribution in [-0.2, 0) is 22.7 Å². The molecule has 0 aliphatic heterocycles. The Balaban J connectivity index is 1.98. The van der Waals surface area contributed by atoms with Crippen LogP contribution in [0.1, 0.15) is 17.5 Å². The summed E-state index contributed by atoms with van der Waals surface area (Å²) in [5.74, 6) is 1.40. The molecule has 0 spiro atoms. The molecular formula is C26H29NO6. The van der Waals surface area contributed by atoms with E-state index in [0.717, 1.165) is 16.0 Å². The molecule has 0 N–H and O–H groups in total. The van der Waals surface area contributed by atoms with Crippen LogP contribution in [0, 0.1) is 0 Å². The Bertz CT molecular complexity index is 884.